The lowest BCUT2D eigenvalue weighted by atomic mass is 10.1. The molecule has 2 rings (SSSR count). The van der Waals surface area contributed by atoms with Crippen molar-refractivity contribution in [3.05, 3.63) is 59.2 Å². The number of hydrogen-bond acceptors (Lipinski definition) is 3. The van der Waals surface area contributed by atoms with Gasteiger partial charge in [-0.15, -0.1) is 0 Å². The van der Waals surface area contributed by atoms with Crippen LogP contribution in [0.4, 0.5) is 0 Å². The van der Waals surface area contributed by atoms with Crippen molar-refractivity contribution in [2.75, 3.05) is 6.61 Å². The summed E-state index contributed by atoms with van der Waals surface area (Å²) >= 11 is 0. The van der Waals surface area contributed by atoms with Gasteiger partial charge in [0.25, 0.3) is 5.91 Å². The first kappa shape index (κ1) is 18.8. The molecule has 0 saturated heterocycles. The van der Waals surface area contributed by atoms with Crippen LogP contribution in [0.1, 0.15) is 37.0 Å². The second kappa shape index (κ2) is 9.11. The molecule has 0 aliphatic rings. The summed E-state index contributed by atoms with van der Waals surface area (Å²) in [5, 5.41) is 2.95. The van der Waals surface area contributed by atoms with Crippen molar-refractivity contribution in [2.24, 2.45) is 0 Å². The predicted molar refractivity (Wildman–Crippen MR) is 100 cm³/mol. The molecule has 0 saturated carbocycles. The molecule has 1 unspecified atom stereocenters. The molecule has 2 aromatic carbocycles. The summed E-state index contributed by atoms with van der Waals surface area (Å²) in [6.45, 7) is 8.99. The van der Waals surface area contributed by atoms with Gasteiger partial charge in [0.15, 0.2) is 6.10 Å². The number of ether oxygens (including phenoxy) is 2. The zero-order valence-corrected chi connectivity index (χ0v) is 15.5. The third-order valence-electron chi connectivity index (χ3n) is 4.15. The van der Waals surface area contributed by atoms with Gasteiger partial charge < -0.3 is 14.8 Å². The zero-order chi connectivity index (χ0) is 18.2. The van der Waals surface area contributed by atoms with Crippen LogP contribution in [0.5, 0.6) is 11.5 Å². The largest absolute Gasteiger partial charge is 0.494 e. The zero-order valence-electron chi connectivity index (χ0n) is 15.5. The van der Waals surface area contributed by atoms with Gasteiger partial charge in [0.1, 0.15) is 11.5 Å². The fraction of sp³-hybridized carbons (Fsp3) is 0.381. The van der Waals surface area contributed by atoms with Crippen LogP contribution >= 0.6 is 0 Å². The van der Waals surface area contributed by atoms with Gasteiger partial charge in [-0.25, -0.2) is 0 Å². The molecule has 4 nitrogen and oxygen atoms in total. The summed E-state index contributed by atoms with van der Waals surface area (Å²) in [7, 11) is 0. The van der Waals surface area contributed by atoms with Crippen LogP contribution in [0.2, 0.25) is 0 Å². The Hall–Kier alpha value is -2.49. The molecule has 0 aliphatic heterocycles. The van der Waals surface area contributed by atoms with Crippen molar-refractivity contribution in [1.29, 1.82) is 0 Å². The Bertz CT molecular complexity index is 712. The lowest BCUT2D eigenvalue weighted by molar-refractivity contribution is -0.128. The number of hydrogen-bond donors (Lipinski definition) is 1. The van der Waals surface area contributed by atoms with Crippen LogP contribution in [0.15, 0.2) is 42.5 Å². The first-order valence-corrected chi connectivity index (χ1v) is 8.77. The van der Waals surface area contributed by atoms with E-state index in [2.05, 4.69) is 12.2 Å². The van der Waals surface area contributed by atoms with Crippen LogP contribution in [0.25, 0.3) is 0 Å². The SMILES string of the molecule is CCOc1ccccc1CNC(=O)C(CC)Oc1ccc(C)c(C)c1. The topological polar surface area (TPSA) is 47.6 Å². The van der Waals surface area contributed by atoms with E-state index in [0.29, 0.717) is 19.6 Å². The maximum Gasteiger partial charge on any atom is 0.261 e. The standard InChI is InChI=1S/C21H27NO3/c1-5-19(25-18-12-11-15(3)16(4)13-18)21(23)22-14-17-9-7-8-10-20(17)24-6-2/h7-13,19H,5-6,14H2,1-4H3,(H,22,23). The van der Waals surface area contributed by atoms with Crippen LogP contribution in [-0.4, -0.2) is 18.6 Å². The van der Waals surface area contributed by atoms with E-state index in [1.165, 1.54) is 5.56 Å². The normalized spacial score (nSPS) is 11.7. The molecule has 1 atom stereocenters. The van der Waals surface area contributed by atoms with Gasteiger partial charge in [0, 0.05) is 12.1 Å². The van der Waals surface area contributed by atoms with Crippen molar-refractivity contribution < 1.29 is 14.3 Å². The number of para-hydroxylation sites is 1. The van der Waals surface area contributed by atoms with Crippen molar-refractivity contribution in [1.82, 2.24) is 5.32 Å². The minimum Gasteiger partial charge on any atom is -0.494 e. The third-order valence-corrected chi connectivity index (χ3v) is 4.15. The number of carbonyl (C=O) groups is 1. The molecule has 0 aromatic heterocycles. The molecule has 25 heavy (non-hydrogen) atoms. The van der Waals surface area contributed by atoms with Crippen molar-refractivity contribution in [2.45, 2.75) is 46.8 Å². The van der Waals surface area contributed by atoms with Crippen LogP contribution < -0.4 is 14.8 Å². The minimum absolute atomic E-state index is 0.118. The fourth-order valence-corrected chi connectivity index (χ4v) is 2.52. The molecule has 1 N–H and O–H groups in total. The Labute approximate surface area is 150 Å². The highest BCUT2D eigenvalue weighted by molar-refractivity contribution is 5.81. The smallest absolute Gasteiger partial charge is 0.261 e. The van der Waals surface area contributed by atoms with E-state index in [1.54, 1.807) is 0 Å². The van der Waals surface area contributed by atoms with Crippen LogP contribution in [0, 0.1) is 13.8 Å². The van der Waals surface area contributed by atoms with E-state index < -0.39 is 6.10 Å². The monoisotopic (exact) mass is 341 g/mol. The summed E-state index contributed by atoms with van der Waals surface area (Å²) in [6, 6.07) is 13.6. The number of aryl methyl sites for hydroxylation is 2. The molecule has 0 fully saturated rings. The molecule has 0 bridgehead atoms. The Balaban J connectivity index is 1.99. The van der Waals surface area contributed by atoms with Gasteiger partial charge in [-0.1, -0.05) is 31.2 Å². The predicted octanol–water partition coefficient (Wildman–Crippen LogP) is 4.18. The number of nitrogens with one attached hydrogen (secondary N) is 1. The van der Waals surface area contributed by atoms with Gasteiger partial charge in [0.2, 0.25) is 0 Å². The highest BCUT2D eigenvalue weighted by Crippen LogP contribution is 2.20. The Morgan fingerprint density at radius 3 is 2.52 bits per heavy atom. The molecule has 0 spiro atoms. The van der Waals surface area contributed by atoms with Crippen molar-refractivity contribution in [3.8, 4) is 11.5 Å². The second-order valence-corrected chi connectivity index (χ2v) is 6.02. The van der Waals surface area contributed by atoms with E-state index in [0.717, 1.165) is 22.6 Å². The van der Waals surface area contributed by atoms with Crippen LogP contribution in [-0.2, 0) is 11.3 Å². The van der Waals surface area contributed by atoms with Gasteiger partial charge in [0.05, 0.1) is 6.61 Å². The molecular formula is C21H27NO3. The van der Waals surface area contributed by atoms with Gasteiger partial charge in [-0.2, -0.15) is 0 Å². The highest BCUT2D eigenvalue weighted by Gasteiger charge is 2.18. The maximum absolute atomic E-state index is 12.5. The molecule has 134 valence electrons. The average molecular weight is 341 g/mol. The maximum atomic E-state index is 12.5. The fourth-order valence-electron chi connectivity index (χ4n) is 2.52. The molecule has 0 radical (unpaired) electrons. The first-order valence-electron chi connectivity index (χ1n) is 8.77. The summed E-state index contributed by atoms with van der Waals surface area (Å²) in [6.07, 6.45) is 0.0904. The summed E-state index contributed by atoms with van der Waals surface area (Å²) in [4.78, 5) is 12.5. The van der Waals surface area contributed by atoms with Crippen molar-refractivity contribution in [3.63, 3.8) is 0 Å². The number of rotatable bonds is 8. The minimum atomic E-state index is -0.513. The van der Waals surface area contributed by atoms with Gasteiger partial charge in [-0.05, 0) is 56.5 Å². The van der Waals surface area contributed by atoms with Crippen LogP contribution in [0.3, 0.4) is 0 Å². The number of benzene rings is 2. The third kappa shape index (κ3) is 5.24. The van der Waals surface area contributed by atoms with E-state index in [1.807, 2.05) is 63.2 Å². The Morgan fingerprint density at radius 2 is 1.84 bits per heavy atom. The average Bonchev–Trinajstić information content (AvgIpc) is 2.62. The van der Waals surface area contributed by atoms with E-state index in [-0.39, 0.29) is 5.91 Å². The summed E-state index contributed by atoms with van der Waals surface area (Å²) < 4.78 is 11.5. The van der Waals surface area contributed by atoms with Gasteiger partial charge in [-0.3, -0.25) is 4.79 Å². The lowest BCUT2D eigenvalue weighted by Gasteiger charge is -2.18. The second-order valence-electron chi connectivity index (χ2n) is 6.02. The molecule has 0 aliphatic carbocycles. The summed E-state index contributed by atoms with van der Waals surface area (Å²) in [5.41, 5.74) is 3.31. The molecular weight excluding hydrogens is 314 g/mol. The first-order chi connectivity index (χ1) is 12.0. The van der Waals surface area contributed by atoms with Gasteiger partial charge >= 0.3 is 0 Å². The molecule has 0 heterocycles. The highest BCUT2D eigenvalue weighted by atomic mass is 16.5. The Kier molecular flexibility index (Phi) is 6.87. The molecule has 2 aromatic rings. The quantitative estimate of drug-likeness (QED) is 0.784. The lowest BCUT2D eigenvalue weighted by Crippen LogP contribution is -2.37. The van der Waals surface area contributed by atoms with E-state index >= 15 is 0 Å². The number of amides is 1. The van der Waals surface area contributed by atoms with Crippen molar-refractivity contribution >= 4 is 5.91 Å². The molecule has 4 heteroatoms. The van der Waals surface area contributed by atoms with E-state index in [4.69, 9.17) is 9.47 Å². The number of carbonyl (C=O) groups excluding carboxylic acids is 1. The Morgan fingerprint density at radius 1 is 1.08 bits per heavy atom. The summed E-state index contributed by atoms with van der Waals surface area (Å²) in [5.74, 6) is 1.40. The molecule has 1 amide bonds. The van der Waals surface area contributed by atoms with E-state index in [9.17, 15) is 4.79 Å².